The predicted octanol–water partition coefficient (Wildman–Crippen LogP) is 2.82. The highest BCUT2D eigenvalue weighted by Crippen LogP contribution is 2.29. The molecular formula is C24H27N7O2S. The number of hydrogen-bond acceptors (Lipinski definition) is 7. The van der Waals surface area contributed by atoms with Crippen molar-refractivity contribution in [1.29, 1.82) is 0 Å². The van der Waals surface area contributed by atoms with Crippen LogP contribution >= 0.6 is 11.3 Å². The van der Waals surface area contributed by atoms with Crippen molar-refractivity contribution in [1.82, 2.24) is 29.7 Å². The number of aryl methyl sites for hydroxylation is 1. The number of anilines is 2. The van der Waals surface area contributed by atoms with Gasteiger partial charge in [-0.1, -0.05) is 23.5 Å². The van der Waals surface area contributed by atoms with Crippen LogP contribution in [0.1, 0.15) is 17.3 Å². The van der Waals surface area contributed by atoms with E-state index in [-0.39, 0.29) is 11.8 Å². The third-order valence-electron chi connectivity index (χ3n) is 6.19. The fourth-order valence-corrected chi connectivity index (χ4v) is 4.98. The molecule has 10 heteroatoms. The summed E-state index contributed by atoms with van der Waals surface area (Å²) in [5.74, 6) is 0.302. The lowest BCUT2D eigenvalue weighted by molar-refractivity contribution is -0.134. The molecule has 1 unspecified atom stereocenters. The Labute approximate surface area is 201 Å². The van der Waals surface area contributed by atoms with Crippen LogP contribution in [0.2, 0.25) is 0 Å². The first-order valence-electron chi connectivity index (χ1n) is 11.3. The van der Waals surface area contributed by atoms with Crippen LogP contribution in [0.25, 0.3) is 21.3 Å². The first-order valence-corrected chi connectivity index (χ1v) is 12.1. The summed E-state index contributed by atoms with van der Waals surface area (Å²) in [6, 6.07) is 12.8. The molecule has 4 aromatic rings. The molecule has 0 saturated carbocycles. The molecule has 2 aromatic carbocycles. The lowest BCUT2D eigenvalue weighted by Gasteiger charge is -2.34. The second kappa shape index (κ2) is 9.03. The molecular weight excluding hydrogens is 450 g/mol. The van der Waals surface area contributed by atoms with Crippen molar-refractivity contribution >= 4 is 55.5 Å². The van der Waals surface area contributed by atoms with Gasteiger partial charge in [0.1, 0.15) is 6.04 Å². The summed E-state index contributed by atoms with van der Waals surface area (Å²) in [5, 5.41) is 6.89. The number of aromatic nitrogens is 3. The molecule has 9 nitrogen and oxygen atoms in total. The SMILES string of the molecule is CC(NC(=O)c1ccc2c(c1)nc(Nc1nc3ccccc3s1)n2C)C(=O)N1CCN(C)CC1. The van der Waals surface area contributed by atoms with Gasteiger partial charge in [0, 0.05) is 38.8 Å². The average Bonchev–Trinajstić information content (AvgIpc) is 3.39. The second-order valence-electron chi connectivity index (χ2n) is 8.63. The number of imidazole rings is 1. The van der Waals surface area contributed by atoms with Crippen LogP contribution in [0.15, 0.2) is 42.5 Å². The first-order chi connectivity index (χ1) is 16.4. The van der Waals surface area contributed by atoms with E-state index in [4.69, 9.17) is 0 Å². The Hall–Kier alpha value is -3.50. The minimum absolute atomic E-state index is 0.0531. The number of thiazole rings is 1. The van der Waals surface area contributed by atoms with Gasteiger partial charge in [-0.3, -0.25) is 9.59 Å². The third-order valence-corrected chi connectivity index (χ3v) is 7.14. The summed E-state index contributed by atoms with van der Waals surface area (Å²) in [5.41, 5.74) is 2.99. The van der Waals surface area contributed by atoms with Gasteiger partial charge in [-0.05, 0) is 44.3 Å². The molecule has 1 fully saturated rings. The quantitative estimate of drug-likeness (QED) is 0.459. The summed E-state index contributed by atoms with van der Waals surface area (Å²) in [4.78, 5) is 38.9. The molecule has 2 aromatic heterocycles. The zero-order valence-electron chi connectivity index (χ0n) is 19.4. The van der Waals surface area contributed by atoms with E-state index in [0.29, 0.717) is 30.1 Å². The summed E-state index contributed by atoms with van der Waals surface area (Å²) < 4.78 is 3.03. The zero-order chi connectivity index (χ0) is 23.8. The fraction of sp³-hybridized carbons (Fsp3) is 0.333. The van der Waals surface area contributed by atoms with Gasteiger partial charge in [0.05, 0.1) is 21.3 Å². The van der Waals surface area contributed by atoms with Crippen LogP contribution in [0.3, 0.4) is 0 Å². The maximum atomic E-state index is 12.9. The Morgan fingerprint density at radius 1 is 1.00 bits per heavy atom. The normalized spacial score (nSPS) is 15.6. The van der Waals surface area contributed by atoms with Crippen LogP contribution < -0.4 is 10.6 Å². The van der Waals surface area contributed by atoms with E-state index >= 15 is 0 Å². The Morgan fingerprint density at radius 2 is 1.76 bits per heavy atom. The predicted molar refractivity (Wildman–Crippen MR) is 135 cm³/mol. The molecule has 0 aliphatic carbocycles. The van der Waals surface area contributed by atoms with E-state index in [2.05, 4.69) is 25.5 Å². The van der Waals surface area contributed by atoms with Crippen molar-refractivity contribution < 1.29 is 9.59 Å². The molecule has 1 saturated heterocycles. The van der Waals surface area contributed by atoms with Crippen molar-refractivity contribution in [3.63, 3.8) is 0 Å². The van der Waals surface area contributed by atoms with E-state index < -0.39 is 6.04 Å². The molecule has 1 aliphatic heterocycles. The number of hydrogen-bond donors (Lipinski definition) is 2. The van der Waals surface area contributed by atoms with E-state index in [1.165, 1.54) is 0 Å². The van der Waals surface area contributed by atoms with Gasteiger partial charge in [-0.25, -0.2) is 9.97 Å². The van der Waals surface area contributed by atoms with Gasteiger partial charge < -0.3 is 25.0 Å². The molecule has 0 bridgehead atoms. The van der Waals surface area contributed by atoms with Crippen molar-refractivity contribution in [3.8, 4) is 0 Å². The number of benzene rings is 2. The number of piperazine rings is 1. The van der Waals surface area contributed by atoms with Crippen LogP contribution in [-0.2, 0) is 11.8 Å². The Bertz CT molecular complexity index is 1340. The number of rotatable bonds is 5. The highest BCUT2D eigenvalue weighted by molar-refractivity contribution is 7.22. The van der Waals surface area contributed by atoms with Gasteiger partial charge in [0.25, 0.3) is 5.91 Å². The summed E-state index contributed by atoms with van der Waals surface area (Å²) in [6.45, 7) is 4.78. The lowest BCUT2D eigenvalue weighted by Crippen LogP contribution is -2.53. The van der Waals surface area contributed by atoms with Crippen LogP contribution in [0.5, 0.6) is 0 Å². The number of nitrogens with zero attached hydrogens (tertiary/aromatic N) is 5. The maximum Gasteiger partial charge on any atom is 0.251 e. The number of amides is 2. The van der Waals surface area contributed by atoms with Crippen LogP contribution in [0.4, 0.5) is 11.1 Å². The molecule has 5 rings (SSSR count). The third kappa shape index (κ3) is 4.34. The van der Waals surface area contributed by atoms with Crippen molar-refractivity contribution in [3.05, 3.63) is 48.0 Å². The highest BCUT2D eigenvalue weighted by Gasteiger charge is 2.25. The molecule has 3 heterocycles. The largest absolute Gasteiger partial charge is 0.341 e. The fourth-order valence-electron chi connectivity index (χ4n) is 4.12. The molecule has 0 spiro atoms. The number of likely N-dealkylation sites (N-methyl/N-ethyl adjacent to an activating group) is 1. The standard InChI is InChI=1S/C24H27N7O2S/c1-15(22(33)31-12-10-29(2)11-13-31)25-21(32)16-8-9-19-18(14-16)26-23(30(19)3)28-24-27-17-6-4-5-7-20(17)34-24/h4-9,14-15H,10-13H2,1-3H3,(H,25,32)(H,26,27,28). The van der Waals surface area contributed by atoms with Gasteiger partial charge >= 0.3 is 0 Å². The molecule has 0 radical (unpaired) electrons. The van der Waals surface area contributed by atoms with Crippen molar-refractivity contribution in [2.75, 3.05) is 38.5 Å². The van der Waals surface area contributed by atoms with Crippen LogP contribution in [-0.4, -0.2) is 75.4 Å². The van der Waals surface area contributed by atoms with E-state index in [1.807, 2.05) is 53.9 Å². The Kier molecular flexibility index (Phi) is 5.93. The van der Waals surface area contributed by atoms with Crippen molar-refractivity contribution in [2.24, 2.45) is 7.05 Å². The molecule has 176 valence electrons. The number of nitrogens with one attached hydrogen (secondary N) is 2. The maximum absolute atomic E-state index is 12.9. The van der Waals surface area contributed by atoms with Gasteiger partial charge in [-0.15, -0.1) is 0 Å². The van der Waals surface area contributed by atoms with E-state index in [0.717, 1.165) is 34.0 Å². The van der Waals surface area contributed by atoms with Gasteiger partial charge in [0.2, 0.25) is 11.9 Å². The van der Waals surface area contributed by atoms with Crippen LogP contribution in [0, 0.1) is 0 Å². The van der Waals surface area contributed by atoms with E-state index in [9.17, 15) is 9.59 Å². The lowest BCUT2D eigenvalue weighted by atomic mass is 10.1. The van der Waals surface area contributed by atoms with Gasteiger partial charge in [0.15, 0.2) is 5.13 Å². The summed E-state index contributed by atoms with van der Waals surface area (Å²) >= 11 is 1.56. The van der Waals surface area contributed by atoms with Gasteiger partial charge in [-0.2, -0.15) is 0 Å². The highest BCUT2D eigenvalue weighted by atomic mass is 32.1. The second-order valence-corrected chi connectivity index (χ2v) is 9.66. The smallest absolute Gasteiger partial charge is 0.251 e. The monoisotopic (exact) mass is 477 g/mol. The zero-order valence-corrected chi connectivity index (χ0v) is 20.2. The minimum atomic E-state index is -0.591. The Morgan fingerprint density at radius 3 is 2.53 bits per heavy atom. The average molecular weight is 478 g/mol. The number of carbonyl (C=O) groups is 2. The number of carbonyl (C=O) groups excluding carboxylic acids is 2. The minimum Gasteiger partial charge on any atom is -0.341 e. The molecule has 2 amide bonds. The summed E-state index contributed by atoms with van der Waals surface area (Å²) in [7, 11) is 3.96. The molecule has 2 N–H and O–H groups in total. The first kappa shape index (κ1) is 22.3. The molecule has 1 aliphatic rings. The topological polar surface area (TPSA) is 95.4 Å². The number of para-hydroxylation sites is 1. The number of fused-ring (bicyclic) bond motifs is 2. The molecule has 1 atom stereocenters. The molecule has 34 heavy (non-hydrogen) atoms. The summed E-state index contributed by atoms with van der Waals surface area (Å²) in [6.07, 6.45) is 0. The Balaban J connectivity index is 1.30. The van der Waals surface area contributed by atoms with E-state index in [1.54, 1.807) is 30.4 Å². The van der Waals surface area contributed by atoms with Crippen molar-refractivity contribution in [2.45, 2.75) is 13.0 Å².